The lowest BCUT2D eigenvalue weighted by atomic mass is 9.86. The number of nitriles is 1. The molecule has 10 rings (SSSR count). The Labute approximate surface area is 507 Å². The number of hydrogen-bond donors (Lipinski definition) is 2. The molecule has 7 aromatic rings. The number of ether oxygens (including phenoxy) is 2. The molecule has 24 heteroatoms. The Morgan fingerprint density at radius 1 is 0.824 bits per heavy atom. The summed E-state index contributed by atoms with van der Waals surface area (Å²) in [5.74, 6) is -0.852. The zero-order valence-corrected chi connectivity index (χ0v) is 49.7. The number of carbonyl (C=O) groups is 3. The van der Waals surface area contributed by atoms with Gasteiger partial charge in [0, 0.05) is 40.1 Å². The Hall–Kier alpha value is -7.77. The van der Waals surface area contributed by atoms with Crippen molar-refractivity contribution in [1.82, 2.24) is 40.9 Å². The van der Waals surface area contributed by atoms with Crippen LogP contribution in [0, 0.1) is 23.0 Å². The highest BCUT2D eigenvalue weighted by Crippen LogP contribution is 2.44. The van der Waals surface area contributed by atoms with Gasteiger partial charge in [-0.3, -0.25) is 19.5 Å². The van der Waals surface area contributed by atoms with Gasteiger partial charge >= 0.3 is 12.2 Å². The number of pyridine rings is 1. The molecule has 444 valence electrons. The first-order chi connectivity index (χ1) is 40.6. The van der Waals surface area contributed by atoms with Gasteiger partial charge in [0.05, 0.1) is 45.1 Å². The number of carbonyl (C=O) groups excluding carboxylic acids is 3. The minimum absolute atomic E-state index is 0.00653. The molecule has 1 aliphatic carbocycles. The summed E-state index contributed by atoms with van der Waals surface area (Å²) in [5, 5.41) is 31.0. The number of thioether (sulfide) groups is 1. The lowest BCUT2D eigenvalue weighted by Crippen LogP contribution is -2.48. The van der Waals surface area contributed by atoms with Gasteiger partial charge in [-0.1, -0.05) is 141 Å². The summed E-state index contributed by atoms with van der Waals surface area (Å²) in [6, 6.07) is 33.5. The molecule has 0 bridgehead atoms. The standard InChI is InChI=1S/C21H23F2NO2.C17H21ClN2O2S.C14H8Cl2N4.C9H6F3N3O/c1-5-25-18-11-13(21(2,3)4)9-10-14(18)17-12-26-20(24-17)19-15(22)7-6-8-16(19)23;1-11-15(12-7-9-13(18)10-8-12)23-17(22)20(11)16(21)19-14-5-3-2-4-6-14;15-11-7-3-1-5-9(11)13-17-19-14(20-18-13)10-6-2-4-8-12(10)16;10-9(11,12)7-1-3-14-5-6(7)8(16)15-4-2-13/h6-11,17H,5,12H2,1-4H3;7-11,14-15H,2-6H2,1H3,(H,19,21);1-8H;1,3,5H,4H2,(H,15,16). The van der Waals surface area contributed by atoms with Crippen LogP contribution in [0.2, 0.25) is 15.1 Å². The summed E-state index contributed by atoms with van der Waals surface area (Å²) in [6.07, 6.45) is 2.70. The van der Waals surface area contributed by atoms with E-state index in [1.807, 2.05) is 98.0 Å². The van der Waals surface area contributed by atoms with Crippen LogP contribution in [0.1, 0.15) is 116 Å². The molecule has 2 N–H and O–H groups in total. The largest absolute Gasteiger partial charge is 0.494 e. The van der Waals surface area contributed by atoms with Gasteiger partial charge < -0.3 is 20.1 Å². The molecule has 2 fully saturated rings. The van der Waals surface area contributed by atoms with Gasteiger partial charge in [-0.05, 0) is 104 Å². The molecule has 0 spiro atoms. The van der Waals surface area contributed by atoms with Crippen LogP contribution < -0.4 is 15.4 Å². The summed E-state index contributed by atoms with van der Waals surface area (Å²) in [5.41, 5.74) is 2.51. The van der Waals surface area contributed by atoms with Crippen molar-refractivity contribution < 1.29 is 45.8 Å². The second-order valence-electron chi connectivity index (χ2n) is 20.3. The molecule has 3 aliphatic rings. The number of halogens is 8. The maximum Gasteiger partial charge on any atom is 0.417 e. The molecule has 85 heavy (non-hydrogen) atoms. The van der Waals surface area contributed by atoms with Crippen molar-refractivity contribution in [2.45, 2.75) is 102 Å². The highest BCUT2D eigenvalue weighted by molar-refractivity contribution is 8.14. The molecule has 2 aromatic heterocycles. The normalized spacial score (nSPS) is 16.6. The monoisotopic (exact) mass is 1240 g/mol. The number of urea groups is 1. The van der Waals surface area contributed by atoms with E-state index in [2.05, 4.69) is 56.5 Å². The van der Waals surface area contributed by atoms with Gasteiger partial charge in [0.2, 0.25) is 17.5 Å². The van der Waals surface area contributed by atoms with Crippen molar-refractivity contribution in [3.63, 3.8) is 0 Å². The fourth-order valence-corrected chi connectivity index (χ4v) is 10.8. The molecule has 4 heterocycles. The lowest BCUT2D eigenvalue weighted by Gasteiger charge is -2.27. The number of alkyl halides is 3. The third-order valence-corrected chi connectivity index (χ3v) is 15.6. The maximum absolute atomic E-state index is 14.0. The molecule has 1 saturated carbocycles. The number of imide groups is 1. The van der Waals surface area contributed by atoms with Crippen molar-refractivity contribution in [3.8, 4) is 34.6 Å². The van der Waals surface area contributed by atoms with Crippen LogP contribution in [0.25, 0.3) is 22.8 Å². The quantitative estimate of drug-likeness (QED) is 0.0972. The van der Waals surface area contributed by atoms with Gasteiger partial charge in [0.25, 0.3) is 11.1 Å². The number of aromatic nitrogens is 5. The van der Waals surface area contributed by atoms with E-state index >= 15 is 0 Å². The molecule has 0 radical (unpaired) electrons. The van der Waals surface area contributed by atoms with E-state index in [0.717, 1.165) is 60.5 Å². The van der Waals surface area contributed by atoms with E-state index < -0.39 is 34.8 Å². The third-order valence-electron chi connectivity index (χ3n) is 13.4. The molecule has 4 amide bonds. The van der Waals surface area contributed by atoms with Crippen LogP contribution in [0.3, 0.4) is 0 Å². The number of hydrogen-bond acceptors (Lipinski definition) is 13. The van der Waals surface area contributed by atoms with E-state index in [4.69, 9.17) is 49.5 Å². The first-order valence-electron chi connectivity index (χ1n) is 26.8. The van der Waals surface area contributed by atoms with Crippen molar-refractivity contribution in [3.05, 3.63) is 188 Å². The van der Waals surface area contributed by atoms with Crippen molar-refractivity contribution in [2.24, 2.45) is 4.99 Å². The summed E-state index contributed by atoms with van der Waals surface area (Å²) in [4.78, 5) is 45.4. The molecule has 15 nitrogen and oxygen atoms in total. The number of aliphatic imine (C=N–C) groups is 1. The van der Waals surface area contributed by atoms with Gasteiger partial charge in [-0.15, -0.1) is 20.4 Å². The van der Waals surface area contributed by atoms with E-state index in [-0.39, 0.29) is 64.7 Å². The van der Waals surface area contributed by atoms with Gasteiger partial charge in [-0.2, -0.15) is 18.4 Å². The predicted molar refractivity (Wildman–Crippen MR) is 317 cm³/mol. The van der Waals surface area contributed by atoms with Crippen LogP contribution in [0.4, 0.5) is 31.5 Å². The van der Waals surface area contributed by atoms with Crippen molar-refractivity contribution in [1.29, 1.82) is 5.26 Å². The van der Waals surface area contributed by atoms with Gasteiger partial charge in [-0.25, -0.2) is 18.6 Å². The number of benzene rings is 5. The fraction of sp³-hybridized carbons (Fsp3) is 0.311. The highest BCUT2D eigenvalue weighted by Gasteiger charge is 2.43. The second-order valence-corrected chi connectivity index (χ2v) is 22.7. The first-order valence-corrected chi connectivity index (χ1v) is 28.8. The Morgan fingerprint density at radius 2 is 1.42 bits per heavy atom. The van der Waals surface area contributed by atoms with Crippen LogP contribution >= 0.6 is 46.6 Å². The highest BCUT2D eigenvalue weighted by atomic mass is 35.5. The van der Waals surface area contributed by atoms with Gasteiger partial charge in [0.1, 0.15) is 42.1 Å². The Balaban J connectivity index is 0.000000165. The minimum Gasteiger partial charge on any atom is -0.494 e. The second kappa shape index (κ2) is 29.8. The predicted octanol–water partition coefficient (Wildman–Crippen LogP) is 15.4. The zero-order chi connectivity index (χ0) is 61.4. The number of nitrogens with zero attached hydrogens (tertiary/aromatic N) is 8. The average molecular weight is 1240 g/mol. The van der Waals surface area contributed by atoms with Crippen LogP contribution in [-0.2, 0) is 16.3 Å². The SMILES string of the molecule is CC1C(c2ccc(Cl)cc2)SC(=O)N1C(=O)NC1CCCCC1.CCOc1cc(C(C)(C)C)ccc1C1COC(c2c(F)cccc2F)=N1.Clc1ccccc1-c1nnc(-c2ccccc2Cl)nn1.N#CCNC(=O)c1cnccc1C(F)(F)F. The molecule has 1 saturated heterocycles. The average Bonchev–Trinajstić information content (AvgIpc) is 2.64. The smallest absolute Gasteiger partial charge is 0.417 e. The number of rotatable bonds is 10. The number of amides is 4. The maximum atomic E-state index is 14.0. The Kier molecular flexibility index (Phi) is 22.7. The lowest BCUT2D eigenvalue weighted by molar-refractivity contribution is -0.138. The molecule has 3 atom stereocenters. The molecule has 3 unspecified atom stereocenters. The van der Waals surface area contributed by atoms with Gasteiger partial charge in [0.15, 0.2) is 0 Å². The molecular weight excluding hydrogens is 1190 g/mol. The van der Waals surface area contributed by atoms with E-state index in [1.165, 1.54) is 41.3 Å². The van der Waals surface area contributed by atoms with Crippen molar-refractivity contribution >= 4 is 69.6 Å². The first kappa shape index (κ1) is 64.8. The van der Waals surface area contributed by atoms with Crippen molar-refractivity contribution in [2.75, 3.05) is 19.8 Å². The van der Waals surface area contributed by atoms with Crippen LogP contribution in [0.15, 0.2) is 133 Å². The Bertz CT molecular complexity index is 3450. The Morgan fingerprint density at radius 3 is 1.98 bits per heavy atom. The summed E-state index contributed by atoms with van der Waals surface area (Å²) in [7, 11) is 0. The number of nitrogens with one attached hydrogen (secondary N) is 2. The van der Waals surface area contributed by atoms with Crippen LogP contribution in [0.5, 0.6) is 5.75 Å². The van der Waals surface area contributed by atoms with E-state index in [1.54, 1.807) is 18.2 Å². The molecule has 2 aliphatic heterocycles. The summed E-state index contributed by atoms with van der Waals surface area (Å²) >= 11 is 19.3. The van der Waals surface area contributed by atoms with E-state index in [9.17, 15) is 36.3 Å². The minimum atomic E-state index is -4.62. The molecular formula is C61H58Cl3F5N10O5S. The summed E-state index contributed by atoms with van der Waals surface area (Å²) < 4.78 is 76.7. The van der Waals surface area contributed by atoms with Crippen LogP contribution in [-0.4, -0.2) is 85.2 Å². The topological polar surface area (TPSA) is 198 Å². The van der Waals surface area contributed by atoms with E-state index in [0.29, 0.717) is 50.5 Å². The molecule has 5 aromatic carbocycles. The zero-order valence-electron chi connectivity index (χ0n) is 46.6. The third kappa shape index (κ3) is 17.2. The fourth-order valence-electron chi connectivity index (χ4n) is 9.02. The summed E-state index contributed by atoms with van der Waals surface area (Å²) in [6.45, 7) is 10.6.